The maximum atomic E-state index is 15.6. The molecule has 12 rings (SSSR count). The van der Waals surface area contributed by atoms with Gasteiger partial charge in [-0.2, -0.15) is 0 Å². The maximum absolute atomic E-state index is 15.6. The van der Waals surface area contributed by atoms with Crippen molar-refractivity contribution < 1.29 is 4.42 Å². The molecule has 4 heterocycles. The largest absolute Gasteiger partial charge is 0.456 e. The SMILES string of the molecule is O=c1c2cc3c(cc2c2ccc4c(c5ccccc5n4-c4ccccc4)c2c(=O)n1-c1ccc(-c2nc(-c4ccccc4)nc(-c4ccccc4)n2)cc1)oc1ccccc13. The maximum Gasteiger partial charge on any atom is 0.266 e. The van der Waals surface area contributed by atoms with Gasteiger partial charge in [0, 0.05) is 49.3 Å². The number of fused-ring (bicyclic) bond motifs is 10. The van der Waals surface area contributed by atoms with Gasteiger partial charge < -0.3 is 8.98 Å². The standard InChI is InChI=1S/C53H31N5O3/c59-52-42-30-41-37-20-11-13-23-45(37)61-46(41)31-40(42)38-28-29-44-47(39-21-10-12-22-43(39)57(44)35-18-8-3-9-19-35)48(38)53(60)58(52)36-26-24-34(25-27-36)51-55-49(32-14-4-1-5-15-32)54-50(56-51)33-16-6-2-7-17-33/h1-31H. The van der Waals surface area contributed by atoms with Gasteiger partial charge in [0.05, 0.1) is 22.1 Å². The summed E-state index contributed by atoms with van der Waals surface area (Å²) in [7, 11) is 0. The Labute approximate surface area is 346 Å². The zero-order chi connectivity index (χ0) is 40.6. The highest BCUT2D eigenvalue weighted by molar-refractivity contribution is 6.25. The summed E-state index contributed by atoms with van der Waals surface area (Å²) in [5.41, 5.74) is 6.10. The van der Waals surface area contributed by atoms with Gasteiger partial charge in [0.25, 0.3) is 11.1 Å². The minimum absolute atomic E-state index is 0.402. The van der Waals surface area contributed by atoms with Crippen LogP contribution >= 0.6 is 0 Å². The van der Waals surface area contributed by atoms with E-state index in [0.29, 0.717) is 55.9 Å². The van der Waals surface area contributed by atoms with E-state index in [1.54, 1.807) is 12.1 Å². The average Bonchev–Trinajstić information content (AvgIpc) is 3.84. The lowest BCUT2D eigenvalue weighted by Gasteiger charge is -2.09. The highest BCUT2D eigenvalue weighted by atomic mass is 16.3. The Bertz CT molecular complexity index is 3780. The van der Waals surface area contributed by atoms with Gasteiger partial charge in [0.15, 0.2) is 17.5 Å². The summed E-state index contributed by atoms with van der Waals surface area (Å²) in [5.74, 6) is 1.54. The first-order valence-electron chi connectivity index (χ1n) is 20.0. The molecular weight excluding hydrogens is 755 g/mol. The molecule has 0 aliphatic rings. The molecule has 0 aliphatic heterocycles. The number of furan rings is 1. The first-order valence-corrected chi connectivity index (χ1v) is 20.0. The van der Waals surface area contributed by atoms with E-state index in [9.17, 15) is 0 Å². The number of benzene rings is 8. The van der Waals surface area contributed by atoms with Gasteiger partial charge in [-0.15, -0.1) is 0 Å². The zero-order valence-corrected chi connectivity index (χ0v) is 32.4. The van der Waals surface area contributed by atoms with Crippen LogP contribution in [-0.4, -0.2) is 24.1 Å². The molecule has 0 radical (unpaired) electrons. The van der Waals surface area contributed by atoms with Crippen molar-refractivity contribution in [2.75, 3.05) is 0 Å². The molecule has 0 unspecified atom stereocenters. The number of hydrogen-bond acceptors (Lipinski definition) is 6. The number of nitrogens with zero attached hydrogens (tertiary/aromatic N) is 5. The minimum Gasteiger partial charge on any atom is -0.456 e. The van der Waals surface area contributed by atoms with Crippen molar-refractivity contribution in [3.63, 3.8) is 0 Å². The van der Waals surface area contributed by atoms with Gasteiger partial charge in [-0.25, -0.2) is 19.5 Å². The van der Waals surface area contributed by atoms with E-state index in [1.807, 2.05) is 152 Å². The molecule has 8 aromatic carbocycles. The van der Waals surface area contributed by atoms with Crippen LogP contribution in [0.5, 0.6) is 0 Å². The van der Waals surface area contributed by atoms with E-state index in [-0.39, 0.29) is 0 Å². The fourth-order valence-corrected chi connectivity index (χ4v) is 8.79. The Balaban J connectivity index is 1.15. The summed E-state index contributed by atoms with van der Waals surface area (Å²) in [5, 5.41) is 5.49. The molecule has 0 bridgehead atoms. The van der Waals surface area contributed by atoms with E-state index in [4.69, 9.17) is 19.4 Å². The number of hydrogen-bond donors (Lipinski definition) is 0. The first kappa shape index (κ1) is 34.5. The van der Waals surface area contributed by atoms with E-state index < -0.39 is 11.1 Å². The van der Waals surface area contributed by atoms with Crippen LogP contribution < -0.4 is 11.1 Å². The van der Waals surface area contributed by atoms with Gasteiger partial charge in [0.2, 0.25) is 0 Å². The van der Waals surface area contributed by atoms with Crippen LogP contribution in [0.4, 0.5) is 0 Å². The van der Waals surface area contributed by atoms with Crippen molar-refractivity contribution in [2.24, 2.45) is 0 Å². The third kappa shape index (κ3) is 5.43. The second-order valence-corrected chi connectivity index (χ2v) is 15.1. The van der Waals surface area contributed by atoms with Crippen LogP contribution in [-0.2, 0) is 0 Å². The molecule has 286 valence electrons. The van der Waals surface area contributed by atoms with Crippen LogP contribution in [0.25, 0.3) is 111 Å². The Morgan fingerprint density at radius 2 is 0.902 bits per heavy atom. The van der Waals surface area contributed by atoms with Crippen LogP contribution in [0.2, 0.25) is 0 Å². The Morgan fingerprint density at radius 1 is 0.344 bits per heavy atom. The molecule has 0 N–H and O–H groups in total. The van der Waals surface area contributed by atoms with Gasteiger partial charge in [-0.1, -0.05) is 121 Å². The number of rotatable bonds is 5. The molecular formula is C53H31N5O3. The summed E-state index contributed by atoms with van der Waals surface area (Å²) < 4.78 is 9.86. The summed E-state index contributed by atoms with van der Waals surface area (Å²) >= 11 is 0. The zero-order valence-electron chi connectivity index (χ0n) is 32.4. The van der Waals surface area contributed by atoms with E-state index in [0.717, 1.165) is 55.0 Å². The highest BCUT2D eigenvalue weighted by Gasteiger charge is 2.22. The summed E-state index contributed by atoms with van der Waals surface area (Å²) in [4.78, 5) is 45.4. The van der Waals surface area contributed by atoms with Crippen molar-refractivity contribution >= 4 is 65.3 Å². The molecule has 4 aromatic heterocycles. The third-order valence-corrected chi connectivity index (χ3v) is 11.6. The molecule has 0 fully saturated rings. The molecule has 0 saturated heterocycles. The summed E-state index contributed by atoms with van der Waals surface area (Å²) in [6.45, 7) is 0. The van der Waals surface area contributed by atoms with Crippen LogP contribution in [0.15, 0.2) is 202 Å². The van der Waals surface area contributed by atoms with Gasteiger partial charge in [0.1, 0.15) is 11.2 Å². The van der Waals surface area contributed by atoms with Crippen molar-refractivity contribution in [3.8, 4) is 45.5 Å². The number of aromatic nitrogens is 5. The van der Waals surface area contributed by atoms with Crippen molar-refractivity contribution in [1.29, 1.82) is 0 Å². The smallest absolute Gasteiger partial charge is 0.266 e. The Morgan fingerprint density at radius 3 is 1.57 bits per heavy atom. The number of para-hydroxylation sites is 3. The predicted octanol–water partition coefficient (Wildman–Crippen LogP) is 11.7. The normalized spacial score (nSPS) is 11.7. The lowest BCUT2D eigenvalue weighted by molar-refractivity contribution is 0.669. The molecule has 0 amide bonds. The van der Waals surface area contributed by atoms with Crippen molar-refractivity contribution in [3.05, 3.63) is 209 Å². The van der Waals surface area contributed by atoms with Gasteiger partial charge in [-0.3, -0.25) is 9.59 Å². The Kier molecular flexibility index (Phi) is 7.67. The fraction of sp³-hybridized carbons (Fsp3) is 0. The minimum atomic E-state index is -0.436. The summed E-state index contributed by atoms with van der Waals surface area (Å²) in [6, 6.07) is 60.7. The van der Waals surface area contributed by atoms with Gasteiger partial charge in [-0.05, 0) is 77.5 Å². The topological polar surface area (TPSA) is 95.8 Å². The second kappa shape index (κ2) is 13.5. The first-order chi connectivity index (χ1) is 30.1. The van der Waals surface area contributed by atoms with E-state index in [1.165, 1.54) is 4.57 Å². The fourth-order valence-electron chi connectivity index (χ4n) is 8.79. The highest BCUT2D eigenvalue weighted by Crippen LogP contribution is 2.39. The van der Waals surface area contributed by atoms with Crippen molar-refractivity contribution in [1.82, 2.24) is 24.1 Å². The molecule has 0 spiro atoms. The molecule has 12 aromatic rings. The third-order valence-electron chi connectivity index (χ3n) is 11.6. The molecule has 0 aliphatic carbocycles. The quantitative estimate of drug-likeness (QED) is 0.172. The average molecular weight is 786 g/mol. The molecule has 61 heavy (non-hydrogen) atoms. The molecule has 8 heteroatoms. The lowest BCUT2D eigenvalue weighted by atomic mass is 10.0. The predicted molar refractivity (Wildman–Crippen MR) is 245 cm³/mol. The van der Waals surface area contributed by atoms with Crippen molar-refractivity contribution in [2.45, 2.75) is 0 Å². The van der Waals surface area contributed by atoms with Gasteiger partial charge >= 0.3 is 0 Å². The molecule has 0 atom stereocenters. The monoisotopic (exact) mass is 785 g/mol. The van der Waals surface area contributed by atoms with E-state index >= 15 is 9.59 Å². The lowest BCUT2D eigenvalue weighted by Crippen LogP contribution is -2.28. The van der Waals surface area contributed by atoms with Crippen LogP contribution in [0, 0.1) is 0 Å². The van der Waals surface area contributed by atoms with Crippen LogP contribution in [0.3, 0.4) is 0 Å². The molecule has 8 nitrogen and oxygen atoms in total. The molecule has 0 saturated carbocycles. The van der Waals surface area contributed by atoms with Crippen LogP contribution in [0.1, 0.15) is 0 Å². The summed E-state index contributed by atoms with van der Waals surface area (Å²) in [6.07, 6.45) is 0. The van der Waals surface area contributed by atoms with E-state index in [2.05, 4.69) is 28.8 Å². The second-order valence-electron chi connectivity index (χ2n) is 15.1. The Hall–Kier alpha value is -8.49.